The van der Waals surface area contributed by atoms with Crippen LogP contribution >= 0.6 is 0 Å². The molecular weight excluding hydrogens is 791 g/mol. The number of carbonyl (C=O) groups is 2. The van der Waals surface area contributed by atoms with Crippen molar-refractivity contribution in [3.05, 3.63) is 48.6 Å². The highest BCUT2D eigenvalue weighted by atomic mass is 16.5. The molecule has 0 spiro atoms. The summed E-state index contributed by atoms with van der Waals surface area (Å²) in [6, 6.07) is -0.655. The number of carbonyl (C=O) groups excluding carboxylic acids is 2. The molecule has 0 aromatic heterocycles. The molecule has 1 amide bonds. The minimum Gasteiger partial charge on any atom is -0.466 e. The first-order chi connectivity index (χ1) is 31.5. The van der Waals surface area contributed by atoms with E-state index in [1.54, 1.807) is 6.08 Å². The summed E-state index contributed by atoms with van der Waals surface area (Å²) in [6.45, 7) is 4.80. The van der Waals surface area contributed by atoms with Gasteiger partial charge in [-0.1, -0.05) is 229 Å². The first-order valence-corrected chi connectivity index (χ1v) is 27.9. The van der Waals surface area contributed by atoms with E-state index in [2.05, 4.69) is 55.6 Å². The van der Waals surface area contributed by atoms with Crippen molar-refractivity contribution in [2.24, 2.45) is 0 Å². The lowest BCUT2D eigenvalue weighted by Crippen LogP contribution is -2.45. The average Bonchev–Trinajstić information content (AvgIpc) is 3.29. The van der Waals surface area contributed by atoms with E-state index in [0.717, 1.165) is 83.5 Å². The molecule has 0 aromatic rings. The van der Waals surface area contributed by atoms with Crippen LogP contribution in [0.3, 0.4) is 0 Å². The molecule has 0 rings (SSSR count). The van der Waals surface area contributed by atoms with Crippen molar-refractivity contribution in [3.8, 4) is 0 Å². The van der Waals surface area contributed by atoms with Crippen molar-refractivity contribution >= 4 is 11.9 Å². The molecule has 0 aliphatic carbocycles. The number of esters is 1. The van der Waals surface area contributed by atoms with Crippen LogP contribution in [0.15, 0.2) is 48.6 Å². The average molecular weight is 898 g/mol. The lowest BCUT2D eigenvalue weighted by molar-refractivity contribution is -0.143. The van der Waals surface area contributed by atoms with Crippen molar-refractivity contribution in [1.82, 2.24) is 5.32 Å². The van der Waals surface area contributed by atoms with E-state index >= 15 is 0 Å². The SMILES string of the molecule is CCCCCC/C=C\C/C=C\CCCCCCCCCC(=O)OCCCC/C=C\CCCCCCC(=O)NC(CO)C(O)/C=C/CCCCCCCCCCCCCCCCCCC. The highest BCUT2D eigenvalue weighted by Crippen LogP contribution is 2.16. The molecule has 374 valence electrons. The molecule has 0 saturated heterocycles. The van der Waals surface area contributed by atoms with Crippen LogP contribution in [-0.4, -0.2) is 47.4 Å². The third-order valence-corrected chi connectivity index (χ3v) is 12.6. The monoisotopic (exact) mass is 898 g/mol. The number of hydrogen-bond donors (Lipinski definition) is 3. The number of hydrogen-bond acceptors (Lipinski definition) is 5. The molecule has 0 saturated carbocycles. The first kappa shape index (κ1) is 61.8. The topological polar surface area (TPSA) is 95.9 Å². The Kier molecular flexibility index (Phi) is 51.6. The number of ether oxygens (including phenoxy) is 1. The van der Waals surface area contributed by atoms with Gasteiger partial charge in [0.2, 0.25) is 5.91 Å². The molecule has 64 heavy (non-hydrogen) atoms. The van der Waals surface area contributed by atoms with Crippen LogP contribution in [-0.2, 0) is 14.3 Å². The Hall–Kier alpha value is -2.18. The Morgan fingerprint density at radius 1 is 0.438 bits per heavy atom. The zero-order valence-corrected chi connectivity index (χ0v) is 42.5. The van der Waals surface area contributed by atoms with Crippen LogP contribution in [0.1, 0.15) is 284 Å². The van der Waals surface area contributed by atoms with E-state index in [1.165, 1.54) is 173 Å². The number of aliphatic hydroxyl groups excluding tert-OH is 2. The summed E-state index contributed by atoms with van der Waals surface area (Å²) in [5.41, 5.74) is 0. The number of amides is 1. The standard InChI is InChI=1S/C58H107NO5/c1-3-5-7-9-11-13-15-17-19-21-23-24-26-28-30-34-38-42-46-50-56(61)55(54-60)59-57(62)51-47-43-39-35-32-33-37-41-45-49-53-64-58(63)52-48-44-40-36-31-29-27-25-22-20-18-16-14-12-10-8-6-4-2/h14,16,20,22,33,37,46,50,55-56,60-61H,3-13,15,17-19,21,23-32,34-36,38-45,47-49,51-54H2,1-2H3,(H,59,62)/b16-14-,22-20-,37-33-,50-46+. The molecule has 2 unspecified atom stereocenters. The number of rotatable bonds is 51. The molecule has 0 aliphatic rings. The summed E-state index contributed by atoms with van der Waals surface area (Å²) in [4.78, 5) is 24.5. The number of allylic oxidation sites excluding steroid dienone is 7. The lowest BCUT2D eigenvalue weighted by atomic mass is 10.0. The molecule has 0 radical (unpaired) electrons. The smallest absolute Gasteiger partial charge is 0.305 e. The zero-order valence-electron chi connectivity index (χ0n) is 42.5. The highest BCUT2D eigenvalue weighted by Gasteiger charge is 2.18. The number of nitrogens with one attached hydrogen (secondary N) is 1. The maximum absolute atomic E-state index is 12.5. The summed E-state index contributed by atoms with van der Waals surface area (Å²) in [5, 5.41) is 23.1. The predicted octanol–water partition coefficient (Wildman–Crippen LogP) is 17.0. The van der Waals surface area contributed by atoms with Crippen LogP contribution in [0, 0.1) is 0 Å². The van der Waals surface area contributed by atoms with Crippen molar-refractivity contribution in [2.45, 2.75) is 296 Å². The Balaban J connectivity index is 3.56. The van der Waals surface area contributed by atoms with Gasteiger partial charge in [-0.05, 0) is 89.9 Å². The van der Waals surface area contributed by atoms with Crippen LogP contribution in [0.2, 0.25) is 0 Å². The maximum Gasteiger partial charge on any atom is 0.305 e. The quantitative estimate of drug-likeness (QED) is 0.0321. The first-order valence-electron chi connectivity index (χ1n) is 27.9. The fraction of sp³-hybridized carbons (Fsp3) is 0.828. The summed E-state index contributed by atoms with van der Waals surface area (Å²) in [6.07, 6.45) is 66.9. The normalized spacial score (nSPS) is 13.0. The van der Waals surface area contributed by atoms with E-state index in [0.29, 0.717) is 19.4 Å². The second kappa shape index (κ2) is 53.4. The third-order valence-electron chi connectivity index (χ3n) is 12.6. The predicted molar refractivity (Wildman–Crippen MR) is 278 cm³/mol. The van der Waals surface area contributed by atoms with E-state index in [1.807, 2.05) is 6.08 Å². The van der Waals surface area contributed by atoms with Gasteiger partial charge in [-0.15, -0.1) is 0 Å². The maximum atomic E-state index is 12.5. The Labute approximate surface area is 397 Å². The van der Waals surface area contributed by atoms with Gasteiger partial charge in [-0.3, -0.25) is 9.59 Å². The summed E-state index contributed by atoms with van der Waals surface area (Å²) in [7, 11) is 0. The van der Waals surface area contributed by atoms with Gasteiger partial charge >= 0.3 is 5.97 Å². The summed E-state index contributed by atoms with van der Waals surface area (Å²) >= 11 is 0. The molecule has 6 nitrogen and oxygen atoms in total. The molecule has 6 heteroatoms. The summed E-state index contributed by atoms with van der Waals surface area (Å²) in [5.74, 6) is -0.150. The van der Waals surface area contributed by atoms with Gasteiger partial charge in [0.05, 0.1) is 25.4 Å². The van der Waals surface area contributed by atoms with Gasteiger partial charge in [-0.25, -0.2) is 0 Å². The van der Waals surface area contributed by atoms with Gasteiger partial charge < -0.3 is 20.3 Å². The highest BCUT2D eigenvalue weighted by molar-refractivity contribution is 5.76. The number of unbranched alkanes of at least 4 members (excludes halogenated alkanes) is 34. The fourth-order valence-electron chi connectivity index (χ4n) is 8.25. The summed E-state index contributed by atoms with van der Waals surface area (Å²) < 4.78 is 5.44. The Morgan fingerprint density at radius 3 is 1.22 bits per heavy atom. The molecule has 0 bridgehead atoms. The van der Waals surface area contributed by atoms with E-state index in [-0.39, 0.29) is 18.5 Å². The second-order valence-corrected chi connectivity index (χ2v) is 18.9. The second-order valence-electron chi connectivity index (χ2n) is 18.9. The molecule has 0 heterocycles. The van der Waals surface area contributed by atoms with Gasteiger partial charge in [0.15, 0.2) is 0 Å². The fourth-order valence-corrected chi connectivity index (χ4v) is 8.25. The van der Waals surface area contributed by atoms with Gasteiger partial charge in [0.1, 0.15) is 0 Å². The number of aliphatic hydroxyl groups is 2. The Bertz CT molecular complexity index is 1080. The molecule has 2 atom stereocenters. The van der Waals surface area contributed by atoms with Crippen molar-refractivity contribution in [2.75, 3.05) is 13.2 Å². The minimum atomic E-state index is -0.868. The molecule has 0 fully saturated rings. The van der Waals surface area contributed by atoms with E-state index in [4.69, 9.17) is 4.74 Å². The van der Waals surface area contributed by atoms with Crippen LogP contribution in [0.4, 0.5) is 0 Å². The molecule has 0 aliphatic heterocycles. The molecule has 0 aromatic carbocycles. The van der Waals surface area contributed by atoms with Crippen molar-refractivity contribution < 1.29 is 24.5 Å². The third kappa shape index (κ3) is 49.3. The van der Waals surface area contributed by atoms with Gasteiger partial charge in [0, 0.05) is 12.8 Å². The van der Waals surface area contributed by atoms with Crippen LogP contribution in [0.25, 0.3) is 0 Å². The van der Waals surface area contributed by atoms with E-state index < -0.39 is 12.1 Å². The van der Waals surface area contributed by atoms with Crippen LogP contribution in [0.5, 0.6) is 0 Å². The Morgan fingerprint density at radius 2 is 0.781 bits per heavy atom. The molecular formula is C58H107NO5. The minimum absolute atomic E-state index is 0.0460. The lowest BCUT2D eigenvalue weighted by Gasteiger charge is -2.20. The molecule has 3 N–H and O–H groups in total. The largest absolute Gasteiger partial charge is 0.466 e. The van der Waals surface area contributed by atoms with Crippen LogP contribution < -0.4 is 5.32 Å². The van der Waals surface area contributed by atoms with Gasteiger partial charge in [-0.2, -0.15) is 0 Å². The van der Waals surface area contributed by atoms with E-state index in [9.17, 15) is 19.8 Å². The van der Waals surface area contributed by atoms with Crippen molar-refractivity contribution in [1.29, 1.82) is 0 Å². The van der Waals surface area contributed by atoms with Crippen molar-refractivity contribution in [3.63, 3.8) is 0 Å². The van der Waals surface area contributed by atoms with Gasteiger partial charge in [0.25, 0.3) is 0 Å². The zero-order chi connectivity index (χ0) is 46.5.